The minimum Gasteiger partial charge on any atom is -0.361 e. The average Bonchev–Trinajstić information content (AvgIpc) is 2.77. The van der Waals surface area contributed by atoms with Gasteiger partial charge in [-0.25, -0.2) is 0 Å². The van der Waals surface area contributed by atoms with Crippen molar-refractivity contribution in [2.24, 2.45) is 0 Å². The number of aromatic nitrogens is 1. The topological polar surface area (TPSA) is 55.1 Å². The summed E-state index contributed by atoms with van der Waals surface area (Å²) in [4.78, 5) is 12.1. The molecular formula is C16H19ClN2O2. The molecule has 1 heterocycles. The van der Waals surface area contributed by atoms with Gasteiger partial charge in [-0.1, -0.05) is 22.8 Å². The molecule has 0 radical (unpaired) electrons. The van der Waals surface area contributed by atoms with E-state index in [1.54, 1.807) is 18.2 Å². The van der Waals surface area contributed by atoms with Gasteiger partial charge in [0.1, 0.15) is 5.76 Å². The van der Waals surface area contributed by atoms with Crippen molar-refractivity contribution < 1.29 is 9.32 Å². The molecule has 4 nitrogen and oxygen atoms in total. The first-order valence-electron chi connectivity index (χ1n) is 6.95. The smallest absolute Gasteiger partial charge is 0.251 e. The lowest BCUT2D eigenvalue weighted by Crippen LogP contribution is -2.25. The zero-order valence-electron chi connectivity index (χ0n) is 12.5. The van der Waals surface area contributed by atoms with Gasteiger partial charge in [0.15, 0.2) is 0 Å². The van der Waals surface area contributed by atoms with Gasteiger partial charge in [0.2, 0.25) is 0 Å². The Hall–Kier alpha value is -1.81. The Bertz CT molecular complexity index is 630. The highest BCUT2D eigenvalue weighted by Crippen LogP contribution is 2.18. The largest absolute Gasteiger partial charge is 0.361 e. The number of amides is 1. The van der Waals surface area contributed by atoms with Crippen molar-refractivity contribution in [3.8, 4) is 0 Å². The number of rotatable bonds is 5. The Kier molecular flexibility index (Phi) is 5.02. The first kappa shape index (κ1) is 15.6. The number of aryl methyl sites for hydroxylation is 2. The number of hydrogen-bond donors (Lipinski definition) is 1. The summed E-state index contributed by atoms with van der Waals surface area (Å²) in [5, 5.41) is 7.45. The third-order valence-corrected chi connectivity index (χ3v) is 3.99. The van der Waals surface area contributed by atoms with E-state index in [2.05, 4.69) is 10.5 Å². The van der Waals surface area contributed by atoms with Gasteiger partial charge in [-0.05, 0) is 51.3 Å². The van der Waals surface area contributed by atoms with E-state index in [-0.39, 0.29) is 5.91 Å². The van der Waals surface area contributed by atoms with Crippen molar-refractivity contribution in [1.29, 1.82) is 0 Å². The SMILES string of the molecule is Cc1noc(C)c1CCCNC(=O)c1cccc(Cl)c1C. The van der Waals surface area contributed by atoms with Gasteiger partial charge in [-0.3, -0.25) is 4.79 Å². The minimum absolute atomic E-state index is 0.0891. The van der Waals surface area contributed by atoms with Crippen LogP contribution in [0.2, 0.25) is 5.02 Å². The molecule has 0 unspecified atom stereocenters. The van der Waals surface area contributed by atoms with Crippen molar-refractivity contribution in [2.75, 3.05) is 6.54 Å². The summed E-state index contributed by atoms with van der Waals surface area (Å²) in [5.41, 5.74) is 3.48. The summed E-state index contributed by atoms with van der Waals surface area (Å²) >= 11 is 6.02. The zero-order valence-corrected chi connectivity index (χ0v) is 13.3. The van der Waals surface area contributed by atoms with Crippen LogP contribution in [0.25, 0.3) is 0 Å². The number of nitrogens with zero attached hydrogens (tertiary/aromatic N) is 1. The second-order valence-electron chi connectivity index (χ2n) is 5.07. The third kappa shape index (κ3) is 3.64. The lowest BCUT2D eigenvalue weighted by atomic mass is 10.1. The predicted molar refractivity (Wildman–Crippen MR) is 82.8 cm³/mol. The molecule has 1 aromatic heterocycles. The maximum Gasteiger partial charge on any atom is 0.251 e. The third-order valence-electron chi connectivity index (χ3n) is 3.58. The molecule has 0 spiro atoms. The van der Waals surface area contributed by atoms with E-state index in [4.69, 9.17) is 16.1 Å². The van der Waals surface area contributed by atoms with Gasteiger partial charge in [0.25, 0.3) is 5.91 Å². The molecule has 2 aromatic rings. The highest BCUT2D eigenvalue weighted by Gasteiger charge is 2.11. The van der Waals surface area contributed by atoms with E-state index >= 15 is 0 Å². The Morgan fingerprint density at radius 2 is 2.10 bits per heavy atom. The van der Waals surface area contributed by atoms with Gasteiger partial charge >= 0.3 is 0 Å². The molecule has 0 bridgehead atoms. The Balaban J connectivity index is 1.86. The average molecular weight is 307 g/mol. The van der Waals surface area contributed by atoms with E-state index in [0.29, 0.717) is 17.1 Å². The molecule has 0 aliphatic carbocycles. The highest BCUT2D eigenvalue weighted by molar-refractivity contribution is 6.31. The molecule has 0 atom stereocenters. The fourth-order valence-corrected chi connectivity index (χ4v) is 2.45. The minimum atomic E-state index is -0.0891. The van der Waals surface area contributed by atoms with Crippen LogP contribution in [0.4, 0.5) is 0 Å². The summed E-state index contributed by atoms with van der Waals surface area (Å²) in [5.74, 6) is 0.762. The maximum atomic E-state index is 12.1. The summed E-state index contributed by atoms with van der Waals surface area (Å²) < 4.78 is 5.12. The first-order chi connectivity index (χ1) is 10.0. The number of benzene rings is 1. The Morgan fingerprint density at radius 3 is 2.76 bits per heavy atom. The lowest BCUT2D eigenvalue weighted by molar-refractivity contribution is 0.0952. The normalized spacial score (nSPS) is 10.7. The number of halogens is 1. The van der Waals surface area contributed by atoms with Crippen molar-refractivity contribution in [3.05, 3.63) is 51.4 Å². The molecule has 1 aromatic carbocycles. The van der Waals surface area contributed by atoms with E-state index in [9.17, 15) is 4.79 Å². The lowest BCUT2D eigenvalue weighted by Gasteiger charge is -2.08. The molecule has 2 rings (SSSR count). The van der Waals surface area contributed by atoms with Gasteiger partial charge in [0, 0.05) is 22.7 Å². The maximum absolute atomic E-state index is 12.1. The van der Waals surface area contributed by atoms with Crippen molar-refractivity contribution in [3.63, 3.8) is 0 Å². The van der Waals surface area contributed by atoms with Crippen LogP contribution < -0.4 is 5.32 Å². The molecule has 0 saturated heterocycles. The summed E-state index contributed by atoms with van der Waals surface area (Å²) in [7, 11) is 0. The number of carbonyl (C=O) groups is 1. The van der Waals surface area contributed by atoms with E-state index in [1.807, 2.05) is 20.8 Å². The summed E-state index contributed by atoms with van der Waals surface area (Å²) in [6.07, 6.45) is 1.68. The standard InChI is InChI=1S/C16H19ClN2O2/c1-10-13(6-4-8-15(10)17)16(20)18-9-5-7-14-11(2)19-21-12(14)3/h4,6,8H,5,7,9H2,1-3H3,(H,18,20). The van der Waals surface area contributed by atoms with Crippen LogP contribution in [0.5, 0.6) is 0 Å². The van der Waals surface area contributed by atoms with Crippen molar-refractivity contribution in [1.82, 2.24) is 10.5 Å². The molecule has 0 fully saturated rings. The number of hydrogen-bond acceptors (Lipinski definition) is 3. The molecule has 112 valence electrons. The van der Waals surface area contributed by atoms with E-state index < -0.39 is 0 Å². The monoisotopic (exact) mass is 306 g/mol. The molecule has 0 aliphatic heterocycles. The second-order valence-corrected chi connectivity index (χ2v) is 5.48. The molecule has 0 aliphatic rings. The van der Waals surface area contributed by atoms with Crippen LogP contribution in [-0.2, 0) is 6.42 Å². The first-order valence-corrected chi connectivity index (χ1v) is 7.33. The molecule has 5 heteroatoms. The Labute approximate surface area is 129 Å². The molecule has 1 N–H and O–H groups in total. The van der Waals surface area contributed by atoms with Gasteiger partial charge in [-0.2, -0.15) is 0 Å². The van der Waals surface area contributed by atoms with Crippen molar-refractivity contribution in [2.45, 2.75) is 33.6 Å². The quantitative estimate of drug-likeness (QED) is 0.858. The van der Waals surface area contributed by atoms with E-state index in [1.165, 1.54) is 0 Å². The predicted octanol–water partition coefficient (Wildman–Crippen LogP) is 3.62. The Morgan fingerprint density at radius 1 is 1.33 bits per heavy atom. The fourth-order valence-electron chi connectivity index (χ4n) is 2.27. The molecular weight excluding hydrogens is 288 g/mol. The second kappa shape index (κ2) is 6.76. The number of carbonyl (C=O) groups excluding carboxylic acids is 1. The van der Waals surface area contributed by atoms with Crippen LogP contribution in [-0.4, -0.2) is 17.6 Å². The van der Waals surface area contributed by atoms with Crippen LogP contribution >= 0.6 is 11.6 Å². The van der Waals surface area contributed by atoms with Crippen LogP contribution in [0.3, 0.4) is 0 Å². The zero-order chi connectivity index (χ0) is 15.4. The summed E-state index contributed by atoms with van der Waals surface area (Å²) in [6.45, 7) is 6.29. The van der Waals surface area contributed by atoms with Crippen LogP contribution in [0.15, 0.2) is 22.7 Å². The van der Waals surface area contributed by atoms with Gasteiger partial charge in [0.05, 0.1) is 5.69 Å². The van der Waals surface area contributed by atoms with Crippen molar-refractivity contribution >= 4 is 17.5 Å². The van der Waals surface area contributed by atoms with Gasteiger partial charge < -0.3 is 9.84 Å². The molecule has 1 amide bonds. The van der Waals surface area contributed by atoms with E-state index in [0.717, 1.165) is 35.4 Å². The summed E-state index contributed by atoms with van der Waals surface area (Å²) in [6, 6.07) is 5.35. The highest BCUT2D eigenvalue weighted by atomic mass is 35.5. The molecule has 21 heavy (non-hydrogen) atoms. The molecule has 0 saturated carbocycles. The fraction of sp³-hybridized carbons (Fsp3) is 0.375. The van der Waals surface area contributed by atoms with Crippen LogP contribution in [0.1, 0.15) is 39.4 Å². The van der Waals surface area contributed by atoms with Crippen LogP contribution in [0, 0.1) is 20.8 Å². The number of nitrogens with one attached hydrogen (secondary N) is 1. The van der Waals surface area contributed by atoms with Gasteiger partial charge in [-0.15, -0.1) is 0 Å².